The van der Waals surface area contributed by atoms with Gasteiger partial charge in [-0.3, -0.25) is 0 Å². The quantitative estimate of drug-likeness (QED) is 0.795. The molecular weight excluding hydrogens is 212 g/mol. The summed E-state index contributed by atoms with van der Waals surface area (Å²) >= 11 is 0. The van der Waals surface area contributed by atoms with E-state index >= 15 is 0 Å². The molecule has 1 N–H and O–H groups in total. The van der Waals surface area contributed by atoms with Gasteiger partial charge in [0.2, 0.25) is 0 Å². The molecule has 3 nitrogen and oxygen atoms in total. The fraction of sp³-hybridized carbons (Fsp3) is 1.00. The Morgan fingerprint density at radius 3 is 2.65 bits per heavy atom. The maximum atomic E-state index is 5.40. The first-order valence-corrected chi connectivity index (χ1v) is 7.37. The smallest absolute Gasteiger partial charge is 0.0595 e. The minimum atomic E-state index is 0.520. The van der Waals surface area contributed by atoms with Crippen LogP contribution < -0.4 is 5.32 Å². The Morgan fingerprint density at radius 1 is 1.18 bits per heavy atom. The summed E-state index contributed by atoms with van der Waals surface area (Å²) in [5.41, 5.74) is 0. The molecule has 0 aliphatic carbocycles. The Hall–Kier alpha value is -0.120. The van der Waals surface area contributed by atoms with Gasteiger partial charge in [0.15, 0.2) is 0 Å². The molecule has 3 heteroatoms. The molecule has 0 saturated carbocycles. The summed E-state index contributed by atoms with van der Waals surface area (Å²) in [4.78, 5) is 2.61. The van der Waals surface area contributed by atoms with E-state index < -0.39 is 0 Å². The third-order valence-corrected chi connectivity index (χ3v) is 4.31. The highest BCUT2D eigenvalue weighted by Gasteiger charge is 2.18. The van der Waals surface area contributed by atoms with Crippen LogP contribution in [0.2, 0.25) is 0 Å². The molecule has 2 fully saturated rings. The van der Waals surface area contributed by atoms with E-state index in [2.05, 4.69) is 10.2 Å². The first kappa shape index (κ1) is 13.3. The highest BCUT2D eigenvalue weighted by molar-refractivity contribution is 4.75. The van der Waals surface area contributed by atoms with E-state index in [1.807, 2.05) is 7.11 Å². The number of hydrogen-bond donors (Lipinski definition) is 1. The Bertz CT molecular complexity index is 196. The molecular formula is C14H28N2O. The zero-order valence-corrected chi connectivity index (χ0v) is 11.3. The number of likely N-dealkylation sites (tertiary alicyclic amines) is 1. The van der Waals surface area contributed by atoms with Gasteiger partial charge in [-0.05, 0) is 51.6 Å². The second kappa shape index (κ2) is 7.34. The number of piperidine rings is 2. The number of ether oxygens (including phenoxy) is 1. The zero-order valence-electron chi connectivity index (χ0n) is 11.3. The molecule has 0 aromatic heterocycles. The monoisotopic (exact) mass is 240 g/mol. The minimum absolute atomic E-state index is 0.520. The van der Waals surface area contributed by atoms with Crippen molar-refractivity contribution in [2.45, 2.75) is 57.1 Å². The van der Waals surface area contributed by atoms with Gasteiger partial charge in [-0.15, -0.1) is 0 Å². The molecule has 2 rings (SSSR count). The second-order valence-electron chi connectivity index (χ2n) is 5.57. The second-order valence-corrected chi connectivity index (χ2v) is 5.57. The topological polar surface area (TPSA) is 24.5 Å². The highest BCUT2D eigenvalue weighted by atomic mass is 16.5. The summed E-state index contributed by atoms with van der Waals surface area (Å²) in [5, 5.41) is 3.63. The van der Waals surface area contributed by atoms with Crippen LogP contribution in [0.1, 0.15) is 44.9 Å². The Kier molecular flexibility index (Phi) is 5.75. The molecule has 100 valence electrons. The van der Waals surface area contributed by atoms with Crippen LogP contribution in [-0.4, -0.2) is 50.3 Å². The van der Waals surface area contributed by atoms with Crippen LogP contribution in [0, 0.1) is 0 Å². The molecule has 1 unspecified atom stereocenters. The number of nitrogens with zero attached hydrogens (tertiary/aromatic N) is 1. The maximum Gasteiger partial charge on any atom is 0.0595 e. The van der Waals surface area contributed by atoms with Gasteiger partial charge in [-0.1, -0.05) is 6.42 Å². The van der Waals surface area contributed by atoms with Crippen LogP contribution in [0.3, 0.4) is 0 Å². The van der Waals surface area contributed by atoms with Crippen molar-refractivity contribution in [2.24, 2.45) is 0 Å². The van der Waals surface area contributed by atoms with Crippen LogP contribution in [-0.2, 0) is 4.74 Å². The number of methoxy groups -OCH3 is 1. The normalized spacial score (nSPS) is 28.4. The largest absolute Gasteiger partial charge is 0.381 e. The molecule has 2 saturated heterocycles. The lowest BCUT2D eigenvalue weighted by molar-refractivity contribution is 0.0404. The highest BCUT2D eigenvalue weighted by Crippen LogP contribution is 2.15. The fourth-order valence-electron chi connectivity index (χ4n) is 3.10. The first-order valence-electron chi connectivity index (χ1n) is 7.37. The molecule has 1 atom stereocenters. The van der Waals surface area contributed by atoms with Gasteiger partial charge in [0, 0.05) is 26.2 Å². The summed E-state index contributed by atoms with van der Waals surface area (Å²) < 4.78 is 5.40. The summed E-state index contributed by atoms with van der Waals surface area (Å²) in [7, 11) is 1.84. The Balaban J connectivity index is 1.53. The van der Waals surface area contributed by atoms with Crippen molar-refractivity contribution in [1.29, 1.82) is 0 Å². The van der Waals surface area contributed by atoms with Gasteiger partial charge in [0.05, 0.1) is 6.10 Å². The van der Waals surface area contributed by atoms with Crippen LogP contribution in [0.15, 0.2) is 0 Å². The SMILES string of the molecule is COC1CCN(CCCC2CCCCN2)CC1. The average Bonchev–Trinajstić information content (AvgIpc) is 2.41. The van der Waals surface area contributed by atoms with Gasteiger partial charge >= 0.3 is 0 Å². The third-order valence-electron chi connectivity index (χ3n) is 4.31. The van der Waals surface area contributed by atoms with Crippen molar-refractivity contribution in [2.75, 3.05) is 33.3 Å². The first-order chi connectivity index (χ1) is 8.38. The van der Waals surface area contributed by atoms with E-state index in [1.54, 1.807) is 0 Å². The molecule has 0 bridgehead atoms. The number of hydrogen-bond acceptors (Lipinski definition) is 3. The number of rotatable bonds is 5. The van der Waals surface area contributed by atoms with Crippen molar-refractivity contribution in [3.8, 4) is 0 Å². The van der Waals surface area contributed by atoms with E-state index in [1.165, 1.54) is 71.1 Å². The van der Waals surface area contributed by atoms with E-state index in [9.17, 15) is 0 Å². The van der Waals surface area contributed by atoms with Crippen LogP contribution >= 0.6 is 0 Å². The summed E-state index contributed by atoms with van der Waals surface area (Å²) in [6.07, 6.45) is 9.88. The molecule has 0 spiro atoms. The summed E-state index contributed by atoms with van der Waals surface area (Å²) in [6, 6.07) is 0.806. The lowest BCUT2D eigenvalue weighted by Gasteiger charge is -2.31. The van der Waals surface area contributed by atoms with Crippen LogP contribution in [0.5, 0.6) is 0 Å². The predicted molar refractivity (Wildman–Crippen MR) is 71.3 cm³/mol. The standard InChI is InChI=1S/C14H28N2O/c1-17-14-7-11-16(12-8-14)10-4-6-13-5-2-3-9-15-13/h13-15H,2-12H2,1H3. The maximum absolute atomic E-state index is 5.40. The van der Waals surface area contributed by atoms with E-state index in [0.717, 1.165) is 6.04 Å². The van der Waals surface area contributed by atoms with Crippen LogP contribution in [0.4, 0.5) is 0 Å². The van der Waals surface area contributed by atoms with E-state index in [0.29, 0.717) is 6.10 Å². The predicted octanol–water partition coefficient (Wildman–Crippen LogP) is 2.02. The van der Waals surface area contributed by atoms with Gasteiger partial charge in [0.1, 0.15) is 0 Å². The molecule has 17 heavy (non-hydrogen) atoms. The van der Waals surface area contributed by atoms with Crippen LogP contribution in [0.25, 0.3) is 0 Å². The van der Waals surface area contributed by atoms with E-state index in [-0.39, 0.29) is 0 Å². The fourth-order valence-corrected chi connectivity index (χ4v) is 3.10. The van der Waals surface area contributed by atoms with Crippen molar-refractivity contribution in [3.63, 3.8) is 0 Å². The summed E-state index contributed by atoms with van der Waals surface area (Å²) in [6.45, 7) is 4.99. The van der Waals surface area contributed by atoms with Gasteiger partial charge in [-0.2, -0.15) is 0 Å². The van der Waals surface area contributed by atoms with Crippen molar-refractivity contribution in [3.05, 3.63) is 0 Å². The van der Waals surface area contributed by atoms with Gasteiger partial charge < -0.3 is 15.0 Å². The summed E-state index contributed by atoms with van der Waals surface area (Å²) in [5.74, 6) is 0. The van der Waals surface area contributed by atoms with Crippen molar-refractivity contribution >= 4 is 0 Å². The van der Waals surface area contributed by atoms with Crippen molar-refractivity contribution < 1.29 is 4.74 Å². The van der Waals surface area contributed by atoms with Crippen molar-refractivity contribution in [1.82, 2.24) is 10.2 Å². The number of nitrogens with one attached hydrogen (secondary N) is 1. The van der Waals surface area contributed by atoms with E-state index in [4.69, 9.17) is 4.74 Å². The molecule has 2 aliphatic rings. The zero-order chi connectivity index (χ0) is 11.9. The van der Waals surface area contributed by atoms with Gasteiger partial charge in [0.25, 0.3) is 0 Å². The lowest BCUT2D eigenvalue weighted by Crippen LogP contribution is -2.38. The molecule has 0 aromatic carbocycles. The molecule has 0 aromatic rings. The molecule has 2 aliphatic heterocycles. The average molecular weight is 240 g/mol. The molecule has 0 amide bonds. The molecule has 0 radical (unpaired) electrons. The minimum Gasteiger partial charge on any atom is -0.381 e. The Labute approximate surface area is 106 Å². The molecule has 2 heterocycles. The lowest BCUT2D eigenvalue weighted by atomic mass is 10.00. The third kappa shape index (κ3) is 4.57. The van der Waals surface area contributed by atoms with Gasteiger partial charge in [-0.25, -0.2) is 0 Å². The Morgan fingerprint density at radius 2 is 2.00 bits per heavy atom.